The number of benzene rings is 3. The molecule has 1 heterocycles. The van der Waals surface area contributed by atoms with Gasteiger partial charge in [0.25, 0.3) is 10.0 Å². The SMILES string of the molecule is Cc1nc2ccccc2n1/C(=N/S(=O)(=O)c1ccccc1)c1ccc(Cl)cc1. The van der Waals surface area contributed by atoms with Gasteiger partial charge < -0.3 is 0 Å². The second kappa shape index (κ2) is 7.22. The predicted molar refractivity (Wildman–Crippen MR) is 111 cm³/mol. The van der Waals surface area contributed by atoms with Crippen LogP contribution in [-0.2, 0) is 10.0 Å². The number of nitrogens with zero attached hydrogens (tertiary/aromatic N) is 3. The van der Waals surface area contributed by atoms with E-state index in [9.17, 15) is 8.42 Å². The molecule has 0 aliphatic carbocycles. The van der Waals surface area contributed by atoms with Gasteiger partial charge in [-0.25, -0.2) is 4.98 Å². The Morgan fingerprint density at radius 1 is 0.929 bits per heavy atom. The number of para-hydroxylation sites is 2. The highest BCUT2D eigenvalue weighted by Crippen LogP contribution is 2.21. The van der Waals surface area contributed by atoms with Crippen LogP contribution in [0.4, 0.5) is 0 Å². The maximum atomic E-state index is 13.0. The smallest absolute Gasteiger partial charge is 0.279 e. The van der Waals surface area contributed by atoms with E-state index in [-0.39, 0.29) is 10.7 Å². The zero-order valence-electron chi connectivity index (χ0n) is 14.9. The lowest BCUT2D eigenvalue weighted by atomic mass is 10.2. The molecule has 0 unspecified atom stereocenters. The minimum absolute atomic E-state index is 0.128. The molecule has 0 fully saturated rings. The summed E-state index contributed by atoms with van der Waals surface area (Å²) in [5, 5.41) is 0.557. The van der Waals surface area contributed by atoms with Crippen molar-refractivity contribution in [3.05, 3.63) is 95.3 Å². The van der Waals surface area contributed by atoms with Crippen LogP contribution < -0.4 is 0 Å². The van der Waals surface area contributed by atoms with Crippen LogP contribution in [0.3, 0.4) is 0 Å². The van der Waals surface area contributed by atoms with E-state index in [0.717, 1.165) is 11.0 Å². The molecule has 5 nitrogen and oxygen atoms in total. The van der Waals surface area contributed by atoms with Gasteiger partial charge in [-0.3, -0.25) is 4.57 Å². The van der Waals surface area contributed by atoms with Crippen molar-refractivity contribution in [2.75, 3.05) is 0 Å². The van der Waals surface area contributed by atoms with Gasteiger partial charge in [0.1, 0.15) is 5.82 Å². The van der Waals surface area contributed by atoms with Crippen molar-refractivity contribution >= 4 is 38.5 Å². The maximum Gasteiger partial charge on any atom is 0.284 e. The summed E-state index contributed by atoms with van der Waals surface area (Å²) in [5.41, 5.74) is 2.16. The molecule has 0 atom stereocenters. The Labute approximate surface area is 168 Å². The van der Waals surface area contributed by atoms with Gasteiger partial charge in [0.2, 0.25) is 0 Å². The first kappa shape index (κ1) is 18.4. The summed E-state index contributed by atoms with van der Waals surface area (Å²) in [6.45, 7) is 1.82. The molecule has 0 bridgehead atoms. The Hall–Kier alpha value is -2.96. The van der Waals surface area contributed by atoms with Crippen LogP contribution in [-0.4, -0.2) is 23.8 Å². The fourth-order valence-corrected chi connectivity index (χ4v) is 4.14. The number of halogens is 1. The molecule has 4 aromatic rings. The van der Waals surface area contributed by atoms with E-state index >= 15 is 0 Å². The van der Waals surface area contributed by atoms with E-state index in [1.165, 1.54) is 12.1 Å². The number of sulfonamides is 1. The van der Waals surface area contributed by atoms with E-state index < -0.39 is 10.0 Å². The Balaban J connectivity index is 2.00. The second-order valence-electron chi connectivity index (χ2n) is 6.19. The molecule has 0 saturated carbocycles. The van der Waals surface area contributed by atoms with Gasteiger partial charge in [-0.1, -0.05) is 41.9 Å². The van der Waals surface area contributed by atoms with Crippen molar-refractivity contribution in [1.29, 1.82) is 0 Å². The maximum absolute atomic E-state index is 13.0. The highest BCUT2D eigenvalue weighted by molar-refractivity contribution is 7.90. The molecule has 0 N–H and O–H groups in total. The summed E-state index contributed by atoms with van der Waals surface area (Å²) < 4.78 is 31.9. The number of hydrogen-bond acceptors (Lipinski definition) is 3. The van der Waals surface area contributed by atoms with Gasteiger partial charge in [0.15, 0.2) is 5.84 Å². The van der Waals surface area contributed by atoms with E-state index in [2.05, 4.69) is 9.38 Å². The summed E-state index contributed by atoms with van der Waals surface area (Å²) in [7, 11) is -3.92. The third-order valence-corrected chi connectivity index (χ3v) is 5.82. The summed E-state index contributed by atoms with van der Waals surface area (Å²) in [5.74, 6) is 0.907. The monoisotopic (exact) mass is 409 g/mol. The van der Waals surface area contributed by atoms with Crippen molar-refractivity contribution in [3.63, 3.8) is 0 Å². The topological polar surface area (TPSA) is 64.3 Å². The first-order valence-corrected chi connectivity index (χ1v) is 10.4. The van der Waals surface area contributed by atoms with Crippen molar-refractivity contribution in [2.45, 2.75) is 11.8 Å². The molecule has 1 aromatic heterocycles. The van der Waals surface area contributed by atoms with Gasteiger partial charge in [-0.15, -0.1) is 4.40 Å². The van der Waals surface area contributed by atoms with Crippen molar-refractivity contribution < 1.29 is 8.42 Å². The van der Waals surface area contributed by atoms with Crippen LogP contribution in [0.2, 0.25) is 5.02 Å². The predicted octanol–water partition coefficient (Wildman–Crippen LogP) is 4.68. The van der Waals surface area contributed by atoms with Crippen molar-refractivity contribution in [2.24, 2.45) is 4.40 Å². The highest BCUT2D eigenvalue weighted by Gasteiger charge is 2.20. The van der Waals surface area contributed by atoms with Gasteiger partial charge in [-0.2, -0.15) is 8.42 Å². The Morgan fingerprint density at radius 3 is 2.29 bits per heavy atom. The minimum atomic E-state index is -3.92. The van der Waals surface area contributed by atoms with Gasteiger partial charge >= 0.3 is 0 Å². The molecule has 0 amide bonds. The largest absolute Gasteiger partial charge is 0.284 e. The second-order valence-corrected chi connectivity index (χ2v) is 8.23. The molecule has 0 spiro atoms. The minimum Gasteiger partial charge on any atom is -0.279 e. The molecule has 0 radical (unpaired) electrons. The molecule has 4 rings (SSSR count). The van der Waals surface area contributed by atoms with E-state index in [1.54, 1.807) is 47.0 Å². The summed E-state index contributed by atoms with van der Waals surface area (Å²) in [6.07, 6.45) is 0. The lowest BCUT2D eigenvalue weighted by molar-refractivity contribution is 0.598. The van der Waals surface area contributed by atoms with E-state index in [4.69, 9.17) is 11.6 Å². The fourth-order valence-electron chi connectivity index (χ4n) is 2.99. The number of hydrogen-bond donors (Lipinski definition) is 0. The van der Waals surface area contributed by atoms with Gasteiger partial charge in [0, 0.05) is 10.6 Å². The van der Waals surface area contributed by atoms with Crippen LogP contribution >= 0.6 is 11.6 Å². The molecule has 28 heavy (non-hydrogen) atoms. The number of aryl methyl sites for hydroxylation is 1. The summed E-state index contributed by atoms with van der Waals surface area (Å²) in [6, 6.07) is 22.6. The zero-order chi connectivity index (χ0) is 19.7. The lowest BCUT2D eigenvalue weighted by Gasteiger charge is -2.12. The van der Waals surface area contributed by atoms with E-state index in [1.807, 2.05) is 31.2 Å². The molecule has 0 saturated heterocycles. The summed E-state index contributed by atoms with van der Waals surface area (Å²) >= 11 is 6.02. The fraction of sp³-hybridized carbons (Fsp3) is 0.0476. The number of rotatable bonds is 3. The van der Waals surface area contributed by atoms with Crippen molar-refractivity contribution in [3.8, 4) is 0 Å². The number of imidazole rings is 1. The zero-order valence-corrected chi connectivity index (χ0v) is 16.5. The third kappa shape index (κ3) is 3.44. The first-order chi connectivity index (χ1) is 13.5. The molecule has 140 valence electrons. The first-order valence-electron chi connectivity index (χ1n) is 8.56. The normalized spacial score (nSPS) is 12.4. The van der Waals surface area contributed by atoms with Gasteiger partial charge in [-0.05, 0) is 55.5 Å². The third-order valence-electron chi connectivity index (χ3n) is 4.29. The standard InChI is InChI=1S/C21H16ClN3O2S/c1-15-23-19-9-5-6-10-20(19)25(15)21(16-11-13-17(22)14-12-16)24-28(26,27)18-7-3-2-4-8-18/h2-14H,1H3/b24-21+. The molecular weight excluding hydrogens is 394 g/mol. The Bertz CT molecular complexity index is 1280. The highest BCUT2D eigenvalue weighted by atomic mass is 35.5. The Morgan fingerprint density at radius 2 is 1.57 bits per heavy atom. The van der Waals surface area contributed by atoms with Crippen LogP contribution in [0.25, 0.3) is 11.0 Å². The molecular formula is C21H16ClN3O2S. The average molecular weight is 410 g/mol. The van der Waals surface area contributed by atoms with Gasteiger partial charge in [0.05, 0.1) is 15.9 Å². The van der Waals surface area contributed by atoms with Crippen LogP contribution in [0, 0.1) is 6.92 Å². The lowest BCUT2D eigenvalue weighted by Crippen LogP contribution is -2.17. The van der Waals surface area contributed by atoms with Crippen molar-refractivity contribution in [1.82, 2.24) is 9.55 Å². The number of fused-ring (bicyclic) bond motifs is 1. The quantitative estimate of drug-likeness (QED) is 0.364. The Kier molecular flexibility index (Phi) is 4.75. The molecule has 0 aliphatic rings. The van der Waals surface area contributed by atoms with Crippen LogP contribution in [0.15, 0.2) is 88.2 Å². The molecule has 3 aromatic carbocycles. The molecule has 0 aliphatic heterocycles. The van der Waals surface area contributed by atoms with E-state index in [0.29, 0.717) is 16.4 Å². The van der Waals surface area contributed by atoms with Crippen LogP contribution in [0.1, 0.15) is 11.4 Å². The molecule has 7 heteroatoms. The van der Waals surface area contributed by atoms with Crippen LogP contribution in [0.5, 0.6) is 0 Å². The number of aromatic nitrogens is 2. The summed E-state index contributed by atoms with van der Waals surface area (Å²) in [4.78, 5) is 4.67. The average Bonchev–Trinajstić information content (AvgIpc) is 3.03.